The van der Waals surface area contributed by atoms with Gasteiger partial charge in [-0.15, -0.1) is 0 Å². The minimum absolute atomic E-state index is 0.115. The number of anilines is 2. The Bertz CT molecular complexity index is 1170. The third kappa shape index (κ3) is 5.71. The van der Waals surface area contributed by atoms with Crippen molar-refractivity contribution < 1.29 is 32.3 Å². The van der Waals surface area contributed by atoms with Crippen LogP contribution in [0.3, 0.4) is 0 Å². The number of urea groups is 1. The van der Waals surface area contributed by atoms with Crippen LogP contribution < -0.4 is 29.7 Å². The lowest BCUT2D eigenvalue weighted by Crippen LogP contribution is -2.39. The average Bonchev–Trinajstić information content (AvgIpc) is 3.12. The number of rotatable bonds is 7. The second-order valence-corrected chi connectivity index (χ2v) is 8.91. The van der Waals surface area contributed by atoms with Crippen LogP contribution in [0.1, 0.15) is 13.3 Å². The van der Waals surface area contributed by atoms with Gasteiger partial charge in [-0.2, -0.15) is 0 Å². The van der Waals surface area contributed by atoms with Crippen molar-refractivity contribution in [3.05, 3.63) is 42.5 Å². The molecule has 0 bridgehead atoms. The molecular formula is C21H24N4O7S. The molecule has 4 amide bonds. The van der Waals surface area contributed by atoms with E-state index in [0.717, 1.165) is 6.92 Å². The van der Waals surface area contributed by atoms with Crippen molar-refractivity contribution >= 4 is 39.2 Å². The van der Waals surface area contributed by atoms with Gasteiger partial charge in [-0.3, -0.25) is 9.59 Å². The summed E-state index contributed by atoms with van der Waals surface area (Å²) in [5, 5.41) is 5.33. The number of carbonyl (C=O) groups is 3. The number of hydrogen-bond acceptors (Lipinski definition) is 7. The zero-order valence-electron chi connectivity index (χ0n) is 18.2. The average molecular weight is 477 g/mol. The molecule has 0 saturated carbocycles. The van der Waals surface area contributed by atoms with Crippen LogP contribution in [0, 0.1) is 0 Å². The van der Waals surface area contributed by atoms with E-state index >= 15 is 0 Å². The molecule has 33 heavy (non-hydrogen) atoms. The molecule has 2 aromatic carbocycles. The van der Waals surface area contributed by atoms with Crippen LogP contribution in [0.25, 0.3) is 0 Å². The van der Waals surface area contributed by atoms with Crippen LogP contribution in [0.4, 0.5) is 16.2 Å². The van der Waals surface area contributed by atoms with Crippen LogP contribution in [0.2, 0.25) is 0 Å². The fourth-order valence-corrected chi connectivity index (χ4v) is 4.36. The minimum atomic E-state index is -3.96. The standard InChI is InChI=1S/C21H24N4O7S/c1-13(26)24-33(29,30)17-7-4-14(5-8-17)22-21(28)23-15-10-20(27)25(12-15)16-6-9-18(31-2)19(11-16)32-3/h4-9,11,15H,10,12H2,1-3H3,(H,24,26)(H2,22,23,28)/t15-/m1/s1. The number of benzene rings is 2. The Morgan fingerprint density at radius 1 is 1.03 bits per heavy atom. The van der Waals surface area contributed by atoms with Gasteiger partial charge in [0.05, 0.1) is 25.2 Å². The Balaban J connectivity index is 1.60. The molecule has 1 heterocycles. The predicted octanol–water partition coefficient (Wildman–Crippen LogP) is 1.46. The summed E-state index contributed by atoms with van der Waals surface area (Å²) in [4.78, 5) is 37.3. The first-order chi connectivity index (χ1) is 15.6. The van der Waals surface area contributed by atoms with E-state index in [1.165, 1.54) is 38.5 Å². The fourth-order valence-electron chi connectivity index (χ4n) is 3.36. The molecule has 176 valence electrons. The van der Waals surface area contributed by atoms with Crippen molar-refractivity contribution in [3.8, 4) is 11.5 Å². The van der Waals surface area contributed by atoms with Crippen molar-refractivity contribution in [2.45, 2.75) is 24.3 Å². The number of amides is 4. The summed E-state index contributed by atoms with van der Waals surface area (Å²) < 4.78 is 36.3. The number of carbonyl (C=O) groups excluding carboxylic acids is 3. The second-order valence-electron chi connectivity index (χ2n) is 7.23. The number of nitrogens with one attached hydrogen (secondary N) is 3. The molecule has 0 aliphatic carbocycles. The van der Waals surface area contributed by atoms with Gasteiger partial charge in [0.25, 0.3) is 10.0 Å². The molecule has 0 spiro atoms. The van der Waals surface area contributed by atoms with Crippen molar-refractivity contribution in [2.24, 2.45) is 0 Å². The van der Waals surface area contributed by atoms with Crippen molar-refractivity contribution in [1.29, 1.82) is 0 Å². The molecule has 1 aliphatic rings. The summed E-state index contributed by atoms with van der Waals surface area (Å²) in [6.07, 6.45) is 0.121. The highest BCUT2D eigenvalue weighted by Crippen LogP contribution is 2.33. The lowest BCUT2D eigenvalue weighted by Gasteiger charge is -2.19. The Kier molecular flexibility index (Phi) is 7.07. The van der Waals surface area contributed by atoms with Gasteiger partial charge in [-0.1, -0.05) is 0 Å². The van der Waals surface area contributed by atoms with E-state index in [4.69, 9.17) is 9.47 Å². The minimum Gasteiger partial charge on any atom is -0.493 e. The molecule has 12 heteroatoms. The number of ether oxygens (including phenoxy) is 2. The fraction of sp³-hybridized carbons (Fsp3) is 0.286. The Hall–Kier alpha value is -3.80. The molecule has 1 fully saturated rings. The molecular weight excluding hydrogens is 452 g/mol. The van der Waals surface area contributed by atoms with Gasteiger partial charge in [0.15, 0.2) is 11.5 Å². The summed E-state index contributed by atoms with van der Waals surface area (Å²) >= 11 is 0. The third-order valence-electron chi connectivity index (χ3n) is 4.84. The van der Waals surface area contributed by atoms with Gasteiger partial charge in [0.1, 0.15) is 0 Å². The van der Waals surface area contributed by atoms with Gasteiger partial charge in [-0.25, -0.2) is 17.9 Å². The van der Waals surface area contributed by atoms with Crippen LogP contribution in [0.15, 0.2) is 47.4 Å². The Labute approximate surface area is 191 Å². The molecule has 1 aliphatic heterocycles. The van der Waals surface area contributed by atoms with E-state index in [9.17, 15) is 22.8 Å². The third-order valence-corrected chi connectivity index (χ3v) is 6.29. The highest BCUT2D eigenvalue weighted by atomic mass is 32.2. The van der Waals surface area contributed by atoms with Crippen LogP contribution in [-0.2, 0) is 19.6 Å². The second kappa shape index (κ2) is 9.77. The largest absolute Gasteiger partial charge is 0.493 e. The highest BCUT2D eigenvalue weighted by Gasteiger charge is 2.32. The van der Waals surface area contributed by atoms with E-state index in [0.29, 0.717) is 22.9 Å². The molecule has 2 aromatic rings. The molecule has 1 saturated heterocycles. The van der Waals surface area contributed by atoms with Crippen molar-refractivity contribution in [3.63, 3.8) is 0 Å². The van der Waals surface area contributed by atoms with Crippen molar-refractivity contribution in [2.75, 3.05) is 31.0 Å². The van der Waals surface area contributed by atoms with Crippen LogP contribution in [0.5, 0.6) is 11.5 Å². The van der Waals surface area contributed by atoms with Gasteiger partial charge in [0.2, 0.25) is 11.8 Å². The zero-order chi connectivity index (χ0) is 24.2. The van der Waals surface area contributed by atoms with E-state index < -0.39 is 28.0 Å². The maximum absolute atomic E-state index is 12.5. The maximum Gasteiger partial charge on any atom is 0.319 e. The molecule has 1 atom stereocenters. The predicted molar refractivity (Wildman–Crippen MR) is 120 cm³/mol. The zero-order valence-corrected chi connectivity index (χ0v) is 19.1. The Morgan fingerprint density at radius 3 is 2.30 bits per heavy atom. The number of methoxy groups -OCH3 is 2. The van der Waals surface area contributed by atoms with Gasteiger partial charge >= 0.3 is 6.03 Å². The first-order valence-corrected chi connectivity index (χ1v) is 11.3. The van der Waals surface area contributed by atoms with Gasteiger partial charge in [0, 0.05) is 37.3 Å². The molecule has 3 N–H and O–H groups in total. The first-order valence-electron chi connectivity index (χ1n) is 9.86. The molecule has 0 aromatic heterocycles. The topological polar surface area (TPSA) is 143 Å². The number of nitrogens with zero attached hydrogens (tertiary/aromatic N) is 1. The van der Waals surface area contributed by atoms with E-state index in [-0.39, 0.29) is 23.8 Å². The normalized spacial score (nSPS) is 15.7. The summed E-state index contributed by atoms with van der Waals surface area (Å²) in [6.45, 7) is 1.37. The van der Waals surface area contributed by atoms with Crippen molar-refractivity contribution in [1.82, 2.24) is 10.0 Å². The van der Waals surface area contributed by atoms with Gasteiger partial charge in [-0.05, 0) is 36.4 Å². The molecule has 11 nitrogen and oxygen atoms in total. The molecule has 3 rings (SSSR count). The maximum atomic E-state index is 12.5. The smallest absolute Gasteiger partial charge is 0.319 e. The molecule has 0 radical (unpaired) electrons. The van der Waals surface area contributed by atoms with E-state index in [2.05, 4.69) is 10.6 Å². The SMILES string of the molecule is COc1ccc(N2C[C@H](NC(=O)Nc3ccc(S(=O)(=O)NC(C)=O)cc3)CC2=O)cc1OC. The van der Waals surface area contributed by atoms with Crippen LogP contribution >= 0.6 is 0 Å². The summed E-state index contributed by atoms with van der Waals surface area (Å²) in [6, 6.07) is 9.47. The quantitative estimate of drug-likeness (QED) is 0.549. The van der Waals surface area contributed by atoms with Crippen LogP contribution in [-0.4, -0.2) is 53.1 Å². The summed E-state index contributed by atoms with van der Waals surface area (Å²) in [5.41, 5.74) is 0.966. The van der Waals surface area contributed by atoms with E-state index in [1.807, 2.05) is 4.72 Å². The highest BCUT2D eigenvalue weighted by molar-refractivity contribution is 7.90. The first kappa shape index (κ1) is 23.9. The monoisotopic (exact) mass is 476 g/mol. The summed E-state index contributed by atoms with van der Waals surface area (Å²) in [7, 11) is -0.935. The summed E-state index contributed by atoms with van der Waals surface area (Å²) in [5.74, 6) is 0.170. The van der Waals surface area contributed by atoms with E-state index in [1.54, 1.807) is 23.1 Å². The lowest BCUT2D eigenvalue weighted by molar-refractivity contribution is -0.118. The van der Waals surface area contributed by atoms with Gasteiger partial charge < -0.3 is 25.0 Å². The Morgan fingerprint density at radius 2 is 1.70 bits per heavy atom. The molecule has 0 unspecified atom stereocenters. The number of hydrogen-bond donors (Lipinski definition) is 3. The lowest BCUT2D eigenvalue weighted by atomic mass is 10.2. The number of sulfonamides is 1.